The van der Waals surface area contributed by atoms with Crippen LogP contribution in [-0.4, -0.2) is 11.3 Å². The molecular weight excluding hydrogens is 216 g/mol. The Labute approximate surface area is 101 Å². The zero-order valence-corrected chi connectivity index (χ0v) is 10.0. The third kappa shape index (κ3) is 3.52. The molecule has 4 heteroatoms. The highest BCUT2D eigenvalue weighted by Crippen LogP contribution is 2.17. The van der Waals surface area contributed by atoms with Crippen molar-refractivity contribution in [3.63, 3.8) is 0 Å². The Hall–Kier alpha value is -1.97. The van der Waals surface area contributed by atoms with Crippen LogP contribution >= 0.6 is 0 Å². The molecule has 17 heavy (non-hydrogen) atoms. The van der Waals surface area contributed by atoms with Crippen molar-refractivity contribution in [3.05, 3.63) is 42.3 Å². The smallest absolute Gasteiger partial charge is 0.128 e. The number of hydrogen-bond donors (Lipinski definition) is 1. The Kier molecular flexibility index (Phi) is 3.65. The van der Waals surface area contributed by atoms with Gasteiger partial charge in [0, 0.05) is 17.8 Å². The van der Waals surface area contributed by atoms with Crippen LogP contribution in [0.15, 0.2) is 41.2 Å². The van der Waals surface area contributed by atoms with E-state index >= 15 is 0 Å². The molecule has 0 radical (unpaired) electrons. The number of nitrogens with one attached hydrogen (secondary N) is 1. The summed E-state index contributed by atoms with van der Waals surface area (Å²) in [7, 11) is 0. The van der Waals surface area contributed by atoms with E-state index in [1.54, 1.807) is 12.5 Å². The molecule has 0 aliphatic carbocycles. The van der Waals surface area contributed by atoms with Crippen LogP contribution < -0.4 is 10.1 Å². The number of rotatable bonds is 5. The summed E-state index contributed by atoms with van der Waals surface area (Å²) in [5.74, 6) is 0.885. The van der Waals surface area contributed by atoms with Gasteiger partial charge in [-0.25, -0.2) is 0 Å². The summed E-state index contributed by atoms with van der Waals surface area (Å²) in [6.45, 7) is 4.73. The predicted molar refractivity (Wildman–Crippen MR) is 66.0 cm³/mol. The van der Waals surface area contributed by atoms with Gasteiger partial charge in [-0.05, 0) is 38.1 Å². The summed E-state index contributed by atoms with van der Waals surface area (Å²) >= 11 is 0. The largest absolute Gasteiger partial charge is 0.491 e. The van der Waals surface area contributed by atoms with Gasteiger partial charge in [-0.15, -0.1) is 0 Å². The fourth-order valence-corrected chi connectivity index (χ4v) is 1.44. The third-order valence-corrected chi connectivity index (χ3v) is 2.21. The lowest BCUT2D eigenvalue weighted by molar-refractivity contribution is 0.242. The lowest BCUT2D eigenvalue weighted by atomic mass is 10.3. The first-order chi connectivity index (χ1) is 8.24. The Bertz CT molecular complexity index is 435. The van der Waals surface area contributed by atoms with E-state index in [2.05, 4.69) is 10.5 Å². The molecule has 0 saturated heterocycles. The van der Waals surface area contributed by atoms with E-state index in [9.17, 15) is 0 Å². The van der Waals surface area contributed by atoms with Crippen molar-refractivity contribution in [1.82, 2.24) is 5.16 Å². The van der Waals surface area contributed by atoms with Crippen LogP contribution in [0.25, 0.3) is 0 Å². The molecule has 1 N–H and O–H groups in total. The summed E-state index contributed by atoms with van der Waals surface area (Å²) in [5.41, 5.74) is 2.06. The molecule has 0 amide bonds. The maximum absolute atomic E-state index is 5.57. The van der Waals surface area contributed by atoms with Gasteiger partial charge < -0.3 is 14.6 Å². The van der Waals surface area contributed by atoms with E-state index in [1.807, 2.05) is 38.1 Å². The maximum Gasteiger partial charge on any atom is 0.128 e. The van der Waals surface area contributed by atoms with Crippen LogP contribution in [0.5, 0.6) is 5.75 Å². The molecule has 0 fully saturated rings. The van der Waals surface area contributed by atoms with Gasteiger partial charge in [0.25, 0.3) is 0 Å². The fraction of sp³-hybridized carbons (Fsp3) is 0.308. The van der Waals surface area contributed by atoms with E-state index in [4.69, 9.17) is 9.26 Å². The van der Waals surface area contributed by atoms with Crippen molar-refractivity contribution < 1.29 is 9.26 Å². The van der Waals surface area contributed by atoms with Crippen molar-refractivity contribution in [2.75, 3.05) is 5.32 Å². The summed E-state index contributed by atoms with van der Waals surface area (Å²) in [6, 6.07) is 7.89. The first-order valence-electron chi connectivity index (χ1n) is 5.63. The van der Waals surface area contributed by atoms with Crippen LogP contribution in [0.4, 0.5) is 5.69 Å². The zero-order valence-electron chi connectivity index (χ0n) is 10.0. The fourth-order valence-electron chi connectivity index (χ4n) is 1.44. The van der Waals surface area contributed by atoms with Crippen LogP contribution in [0.3, 0.4) is 0 Å². The summed E-state index contributed by atoms with van der Waals surface area (Å²) in [6.07, 6.45) is 3.53. The molecule has 1 aromatic carbocycles. The number of anilines is 1. The first kappa shape index (κ1) is 11.5. The van der Waals surface area contributed by atoms with E-state index < -0.39 is 0 Å². The van der Waals surface area contributed by atoms with E-state index in [0.29, 0.717) is 6.54 Å². The molecule has 2 rings (SSSR count). The molecule has 4 nitrogen and oxygen atoms in total. The average Bonchev–Trinajstić information content (AvgIpc) is 2.80. The van der Waals surface area contributed by atoms with Crippen molar-refractivity contribution >= 4 is 5.69 Å². The minimum atomic E-state index is 0.200. The van der Waals surface area contributed by atoms with Crippen LogP contribution in [0, 0.1) is 0 Å². The second kappa shape index (κ2) is 5.39. The number of nitrogens with zero attached hydrogens (tertiary/aromatic N) is 1. The number of benzene rings is 1. The number of hydrogen-bond acceptors (Lipinski definition) is 4. The number of ether oxygens (including phenoxy) is 1. The monoisotopic (exact) mass is 232 g/mol. The van der Waals surface area contributed by atoms with Gasteiger partial charge in [0.05, 0.1) is 12.3 Å². The summed E-state index contributed by atoms with van der Waals surface area (Å²) in [4.78, 5) is 0. The van der Waals surface area contributed by atoms with E-state index in [-0.39, 0.29) is 6.10 Å². The van der Waals surface area contributed by atoms with Gasteiger partial charge >= 0.3 is 0 Å². The van der Waals surface area contributed by atoms with Gasteiger partial charge in [-0.2, -0.15) is 0 Å². The topological polar surface area (TPSA) is 47.3 Å². The molecule has 0 spiro atoms. The van der Waals surface area contributed by atoms with Crippen LogP contribution in [0.2, 0.25) is 0 Å². The maximum atomic E-state index is 5.57. The number of aromatic nitrogens is 1. The minimum absolute atomic E-state index is 0.200. The lowest BCUT2D eigenvalue weighted by Gasteiger charge is -2.10. The Morgan fingerprint density at radius 2 is 2.06 bits per heavy atom. The zero-order chi connectivity index (χ0) is 12.1. The Balaban J connectivity index is 1.89. The second-order valence-corrected chi connectivity index (χ2v) is 4.08. The molecule has 1 aromatic heterocycles. The molecule has 0 aliphatic heterocycles. The van der Waals surface area contributed by atoms with Crippen molar-refractivity contribution in [1.29, 1.82) is 0 Å². The molecule has 2 aromatic rings. The highest BCUT2D eigenvalue weighted by atomic mass is 16.5. The molecule has 0 unspecified atom stereocenters. The highest BCUT2D eigenvalue weighted by molar-refractivity contribution is 5.46. The SMILES string of the molecule is CC(C)Oc1ccc(NCc2cnoc2)cc1. The molecule has 0 aliphatic rings. The standard InChI is InChI=1S/C13H16N2O2/c1-10(2)17-13-5-3-12(4-6-13)14-7-11-8-15-16-9-11/h3-6,8-10,14H,7H2,1-2H3. The molecule has 1 heterocycles. The van der Waals surface area contributed by atoms with Crippen LogP contribution in [0.1, 0.15) is 19.4 Å². The summed E-state index contributed by atoms with van der Waals surface area (Å²) < 4.78 is 10.3. The third-order valence-electron chi connectivity index (χ3n) is 2.21. The normalized spacial score (nSPS) is 10.5. The van der Waals surface area contributed by atoms with Crippen molar-refractivity contribution in [3.8, 4) is 5.75 Å². The van der Waals surface area contributed by atoms with Gasteiger partial charge in [-0.1, -0.05) is 5.16 Å². The molecular formula is C13H16N2O2. The quantitative estimate of drug-likeness (QED) is 0.860. The molecule has 0 bridgehead atoms. The second-order valence-electron chi connectivity index (χ2n) is 4.08. The van der Waals surface area contributed by atoms with Crippen molar-refractivity contribution in [2.45, 2.75) is 26.5 Å². The molecule has 90 valence electrons. The van der Waals surface area contributed by atoms with E-state index in [1.165, 1.54) is 0 Å². The van der Waals surface area contributed by atoms with Crippen molar-refractivity contribution in [2.24, 2.45) is 0 Å². The van der Waals surface area contributed by atoms with Gasteiger partial charge in [0.2, 0.25) is 0 Å². The first-order valence-corrected chi connectivity index (χ1v) is 5.63. The lowest BCUT2D eigenvalue weighted by Crippen LogP contribution is -2.05. The van der Waals surface area contributed by atoms with Gasteiger partial charge in [0.15, 0.2) is 0 Å². The van der Waals surface area contributed by atoms with Gasteiger partial charge in [0.1, 0.15) is 12.0 Å². The van der Waals surface area contributed by atoms with E-state index in [0.717, 1.165) is 17.0 Å². The Morgan fingerprint density at radius 1 is 1.29 bits per heavy atom. The van der Waals surface area contributed by atoms with Crippen LogP contribution in [-0.2, 0) is 6.54 Å². The summed E-state index contributed by atoms with van der Waals surface area (Å²) in [5, 5.41) is 6.92. The highest BCUT2D eigenvalue weighted by Gasteiger charge is 1.99. The minimum Gasteiger partial charge on any atom is -0.491 e. The molecule has 0 saturated carbocycles. The Morgan fingerprint density at radius 3 is 2.65 bits per heavy atom. The average molecular weight is 232 g/mol. The molecule has 0 atom stereocenters. The predicted octanol–water partition coefficient (Wildman–Crippen LogP) is 3.07. The van der Waals surface area contributed by atoms with Gasteiger partial charge in [-0.3, -0.25) is 0 Å².